The lowest BCUT2D eigenvalue weighted by molar-refractivity contribution is 0.103. The summed E-state index contributed by atoms with van der Waals surface area (Å²) in [5.41, 5.74) is 1.65. The standard InChI is InChI=1S/C19H13ClO4/c20-13-4-1-3-12(9-13)19(21)15-11-18-17(23-7-8-24-18)10-14(15)16-5-2-6-22-16/h1-6,9-11H,7-8H2. The van der Waals surface area contributed by atoms with E-state index in [1.807, 2.05) is 0 Å². The zero-order valence-corrected chi connectivity index (χ0v) is 13.4. The molecule has 1 aromatic heterocycles. The van der Waals surface area contributed by atoms with E-state index in [4.69, 9.17) is 25.5 Å². The van der Waals surface area contributed by atoms with Crippen LogP contribution >= 0.6 is 11.6 Å². The molecule has 0 spiro atoms. The number of carbonyl (C=O) groups excluding carboxylic acids is 1. The normalized spacial score (nSPS) is 12.9. The lowest BCUT2D eigenvalue weighted by Gasteiger charge is -2.20. The summed E-state index contributed by atoms with van der Waals surface area (Å²) < 4.78 is 16.7. The number of carbonyl (C=O) groups is 1. The Kier molecular flexibility index (Phi) is 3.75. The van der Waals surface area contributed by atoms with Gasteiger partial charge in [0.25, 0.3) is 0 Å². The SMILES string of the molecule is O=C(c1cccc(Cl)c1)c1cc2c(cc1-c1ccco1)OCCO2. The molecule has 2 heterocycles. The van der Waals surface area contributed by atoms with Gasteiger partial charge in [0, 0.05) is 21.7 Å². The molecule has 0 fully saturated rings. The number of benzene rings is 2. The van der Waals surface area contributed by atoms with E-state index in [2.05, 4.69) is 0 Å². The zero-order valence-electron chi connectivity index (χ0n) is 12.6. The van der Waals surface area contributed by atoms with Crippen molar-refractivity contribution in [1.82, 2.24) is 0 Å². The van der Waals surface area contributed by atoms with E-state index in [-0.39, 0.29) is 5.78 Å². The van der Waals surface area contributed by atoms with Gasteiger partial charge in [0.1, 0.15) is 19.0 Å². The Hall–Kier alpha value is -2.72. The Labute approximate surface area is 143 Å². The summed E-state index contributed by atoms with van der Waals surface area (Å²) in [6.45, 7) is 0.935. The van der Waals surface area contributed by atoms with Gasteiger partial charge in [-0.1, -0.05) is 23.7 Å². The summed E-state index contributed by atoms with van der Waals surface area (Å²) in [6.07, 6.45) is 1.57. The van der Waals surface area contributed by atoms with Gasteiger partial charge in [0.2, 0.25) is 0 Å². The fraction of sp³-hybridized carbons (Fsp3) is 0.105. The number of hydrogen-bond donors (Lipinski definition) is 0. The molecule has 1 aliphatic rings. The van der Waals surface area contributed by atoms with Crippen LogP contribution in [0.1, 0.15) is 15.9 Å². The Morgan fingerprint density at radius 2 is 1.75 bits per heavy atom. The molecule has 4 rings (SSSR count). The third kappa shape index (κ3) is 2.65. The molecule has 4 nitrogen and oxygen atoms in total. The maximum absolute atomic E-state index is 13.0. The Balaban J connectivity index is 1.88. The largest absolute Gasteiger partial charge is 0.486 e. The molecule has 0 saturated carbocycles. The van der Waals surface area contributed by atoms with Crippen molar-refractivity contribution in [1.29, 1.82) is 0 Å². The van der Waals surface area contributed by atoms with Crippen LogP contribution in [-0.2, 0) is 0 Å². The van der Waals surface area contributed by atoms with E-state index < -0.39 is 0 Å². The second-order valence-electron chi connectivity index (χ2n) is 5.36. The predicted molar refractivity (Wildman–Crippen MR) is 90.0 cm³/mol. The summed E-state index contributed by atoms with van der Waals surface area (Å²) in [4.78, 5) is 13.0. The van der Waals surface area contributed by atoms with Crippen LogP contribution in [0, 0.1) is 0 Å². The van der Waals surface area contributed by atoms with E-state index in [0.717, 1.165) is 0 Å². The molecule has 120 valence electrons. The highest BCUT2D eigenvalue weighted by Gasteiger charge is 2.22. The van der Waals surface area contributed by atoms with Crippen molar-refractivity contribution < 1.29 is 18.7 Å². The van der Waals surface area contributed by atoms with Gasteiger partial charge in [0.15, 0.2) is 17.3 Å². The van der Waals surface area contributed by atoms with Gasteiger partial charge in [-0.05, 0) is 36.4 Å². The molecule has 5 heteroatoms. The van der Waals surface area contributed by atoms with Crippen molar-refractivity contribution in [3.8, 4) is 22.8 Å². The van der Waals surface area contributed by atoms with Gasteiger partial charge >= 0.3 is 0 Å². The number of hydrogen-bond acceptors (Lipinski definition) is 4. The molecule has 0 radical (unpaired) electrons. The molecule has 1 aliphatic heterocycles. The number of ketones is 1. The van der Waals surface area contributed by atoms with Crippen LogP contribution < -0.4 is 9.47 Å². The maximum Gasteiger partial charge on any atom is 0.193 e. The molecular formula is C19H13ClO4. The number of halogens is 1. The first-order valence-corrected chi connectivity index (χ1v) is 7.88. The van der Waals surface area contributed by atoms with Crippen molar-refractivity contribution in [3.63, 3.8) is 0 Å². The lowest BCUT2D eigenvalue weighted by atomic mass is 9.96. The second-order valence-corrected chi connectivity index (χ2v) is 5.79. The molecule has 2 aromatic carbocycles. The highest BCUT2D eigenvalue weighted by atomic mass is 35.5. The highest BCUT2D eigenvalue weighted by Crippen LogP contribution is 2.38. The summed E-state index contributed by atoms with van der Waals surface area (Å²) in [7, 11) is 0. The molecule has 3 aromatic rings. The maximum atomic E-state index is 13.0. The van der Waals surface area contributed by atoms with Crippen LogP contribution in [0.3, 0.4) is 0 Å². The van der Waals surface area contributed by atoms with Crippen molar-refractivity contribution in [3.05, 3.63) is 70.9 Å². The summed E-state index contributed by atoms with van der Waals surface area (Å²) in [6, 6.07) is 13.9. The lowest BCUT2D eigenvalue weighted by Crippen LogP contribution is -2.16. The predicted octanol–water partition coefficient (Wildman–Crippen LogP) is 4.60. The van der Waals surface area contributed by atoms with E-state index in [1.54, 1.807) is 54.8 Å². The van der Waals surface area contributed by atoms with Gasteiger partial charge in [-0.2, -0.15) is 0 Å². The third-order valence-electron chi connectivity index (χ3n) is 3.80. The first-order valence-electron chi connectivity index (χ1n) is 7.50. The van der Waals surface area contributed by atoms with Crippen molar-refractivity contribution in [2.45, 2.75) is 0 Å². The van der Waals surface area contributed by atoms with E-state index in [0.29, 0.717) is 52.2 Å². The molecule has 0 aliphatic carbocycles. The second kappa shape index (κ2) is 6.06. The van der Waals surface area contributed by atoms with Crippen LogP contribution in [-0.4, -0.2) is 19.0 Å². The van der Waals surface area contributed by atoms with E-state index >= 15 is 0 Å². The highest BCUT2D eigenvalue weighted by molar-refractivity contribution is 6.31. The van der Waals surface area contributed by atoms with Gasteiger partial charge < -0.3 is 13.9 Å². The minimum absolute atomic E-state index is 0.152. The first kappa shape index (κ1) is 14.8. The van der Waals surface area contributed by atoms with Crippen LogP contribution in [0.25, 0.3) is 11.3 Å². The Morgan fingerprint density at radius 3 is 2.46 bits per heavy atom. The van der Waals surface area contributed by atoms with Gasteiger partial charge in [-0.25, -0.2) is 0 Å². The molecule has 0 atom stereocenters. The minimum Gasteiger partial charge on any atom is -0.486 e. The van der Waals surface area contributed by atoms with Crippen LogP contribution in [0.15, 0.2) is 59.2 Å². The molecule has 24 heavy (non-hydrogen) atoms. The Morgan fingerprint density at radius 1 is 0.958 bits per heavy atom. The monoisotopic (exact) mass is 340 g/mol. The van der Waals surface area contributed by atoms with Gasteiger partial charge in [-0.3, -0.25) is 4.79 Å². The third-order valence-corrected chi connectivity index (χ3v) is 4.04. The average Bonchev–Trinajstić information content (AvgIpc) is 3.14. The van der Waals surface area contributed by atoms with Crippen LogP contribution in [0.4, 0.5) is 0 Å². The van der Waals surface area contributed by atoms with E-state index in [1.165, 1.54) is 0 Å². The number of furan rings is 1. The molecule has 0 amide bonds. The fourth-order valence-corrected chi connectivity index (χ4v) is 2.89. The van der Waals surface area contributed by atoms with Crippen molar-refractivity contribution >= 4 is 17.4 Å². The zero-order chi connectivity index (χ0) is 16.5. The molecular weight excluding hydrogens is 328 g/mol. The van der Waals surface area contributed by atoms with Gasteiger partial charge in [-0.15, -0.1) is 0 Å². The fourth-order valence-electron chi connectivity index (χ4n) is 2.70. The summed E-state index contributed by atoms with van der Waals surface area (Å²) in [5, 5.41) is 0.512. The van der Waals surface area contributed by atoms with Crippen LogP contribution in [0.2, 0.25) is 5.02 Å². The molecule has 0 bridgehead atoms. The summed E-state index contributed by atoms with van der Waals surface area (Å²) >= 11 is 6.02. The molecule has 0 N–H and O–H groups in total. The topological polar surface area (TPSA) is 48.7 Å². The van der Waals surface area contributed by atoms with E-state index in [9.17, 15) is 4.79 Å². The summed E-state index contributed by atoms with van der Waals surface area (Å²) in [5.74, 6) is 1.61. The number of fused-ring (bicyclic) bond motifs is 1. The Bertz CT molecular complexity index is 900. The molecule has 0 unspecified atom stereocenters. The average molecular weight is 341 g/mol. The van der Waals surface area contributed by atoms with Crippen LogP contribution in [0.5, 0.6) is 11.5 Å². The smallest absolute Gasteiger partial charge is 0.193 e. The first-order chi connectivity index (χ1) is 11.7. The number of ether oxygens (including phenoxy) is 2. The molecule has 0 saturated heterocycles. The quantitative estimate of drug-likeness (QED) is 0.654. The van der Waals surface area contributed by atoms with Crippen molar-refractivity contribution in [2.75, 3.05) is 13.2 Å². The van der Waals surface area contributed by atoms with Gasteiger partial charge in [0.05, 0.1) is 6.26 Å². The number of rotatable bonds is 3. The van der Waals surface area contributed by atoms with Crippen molar-refractivity contribution in [2.24, 2.45) is 0 Å². The minimum atomic E-state index is -0.152.